The van der Waals surface area contributed by atoms with Crippen LogP contribution in [0.2, 0.25) is 0 Å². The molecule has 2 aliphatic rings. The van der Waals surface area contributed by atoms with Gasteiger partial charge in [0.15, 0.2) is 6.61 Å². The Kier molecular flexibility index (Phi) is 5.79. The molecule has 1 saturated heterocycles. The summed E-state index contributed by atoms with van der Waals surface area (Å²) in [7, 11) is 0. The van der Waals surface area contributed by atoms with Crippen molar-refractivity contribution in [1.82, 2.24) is 25.2 Å². The Balaban J connectivity index is 1.13. The Labute approximate surface area is 197 Å². The van der Waals surface area contributed by atoms with E-state index >= 15 is 0 Å². The van der Waals surface area contributed by atoms with Gasteiger partial charge in [0.2, 0.25) is 0 Å². The quantitative estimate of drug-likeness (QED) is 0.591. The van der Waals surface area contributed by atoms with Gasteiger partial charge in [0.05, 0.1) is 0 Å². The number of aromatic nitrogens is 3. The van der Waals surface area contributed by atoms with Crippen molar-refractivity contribution in [1.29, 1.82) is 0 Å². The minimum absolute atomic E-state index is 0.0201. The number of fused-ring (bicyclic) bond motifs is 2. The maximum Gasteiger partial charge on any atom is 0.422 e. The molecule has 0 unspecified atom stereocenters. The van der Waals surface area contributed by atoms with Gasteiger partial charge in [-0.25, -0.2) is 4.79 Å². The molecule has 2 aliphatic heterocycles. The summed E-state index contributed by atoms with van der Waals surface area (Å²) in [6.07, 6.45) is -3.12. The maximum atomic E-state index is 12.9. The Hall–Kier alpha value is -4.09. The number of rotatable bonds is 5. The number of nitrogens with zero attached hydrogens (tertiary/aromatic N) is 4. The molecule has 0 spiro atoms. The standard InChI is InChI=1S/C23H20F3N5O4/c24-23(25,26)13-35-18-4-1-14(2-5-18)12-34-22(33)31-10-16-8-30(9-17(16)11-31)21(32)15-3-6-19-20(7-15)28-29-27-19/h1-8,17H,9-13H2,(H,27,28,29)/t17-/m0/s1. The van der Waals surface area contributed by atoms with Gasteiger partial charge in [-0.05, 0) is 41.5 Å². The van der Waals surface area contributed by atoms with Gasteiger partial charge in [-0.3, -0.25) is 4.79 Å². The third-order valence-electron chi connectivity index (χ3n) is 5.85. The fourth-order valence-corrected chi connectivity index (χ4v) is 4.11. The lowest BCUT2D eigenvalue weighted by Gasteiger charge is -2.19. The van der Waals surface area contributed by atoms with Crippen molar-refractivity contribution >= 4 is 23.0 Å². The number of benzene rings is 2. The van der Waals surface area contributed by atoms with Crippen molar-refractivity contribution in [2.45, 2.75) is 12.8 Å². The second-order valence-corrected chi connectivity index (χ2v) is 8.37. The van der Waals surface area contributed by atoms with Crippen molar-refractivity contribution < 1.29 is 32.2 Å². The van der Waals surface area contributed by atoms with E-state index in [-0.39, 0.29) is 24.2 Å². The lowest BCUT2D eigenvalue weighted by atomic mass is 10.1. The van der Waals surface area contributed by atoms with E-state index in [0.29, 0.717) is 41.8 Å². The van der Waals surface area contributed by atoms with Crippen molar-refractivity contribution in [3.63, 3.8) is 0 Å². The molecule has 0 bridgehead atoms. The Morgan fingerprint density at radius 3 is 2.57 bits per heavy atom. The van der Waals surface area contributed by atoms with Gasteiger partial charge in [0.1, 0.15) is 23.4 Å². The highest BCUT2D eigenvalue weighted by molar-refractivity contribution is 5.98. The number of carbonyl (C=O) groups excluding carboxylic acids is 2. The van der Waals surface area contributed by atoms with Crippen LogP contribution in [0.3, 0.4) is 0 Å². The van der Waals surface area contributed by atoms with Crippen LogP contribution in [0.25, 0.3) is 11.0 Å². The fourth-order valence-electron chi connectivity index (χ4n) is 4.11. The zero-order chi connectivity index (χ0) is 24.6. The first kappa shape index (κ1) is 22.7. The van der Waals surface area contributed by atoms with Gasteiger partial charge < -0.3 is 19.3 Å². The van der Waals surface area contributed by atoms with E-state index in [1.54, 1.807) is 46.3 Å². The number of hydrogen-bond donors (Lipinski definition) is 1. The van der Waals surface area contributed by atoms with E-state index in [1.165, 1.54) is 12.1 Å². The molecule has 5 rings (SSSR count). The highest BCUT2D eigenvalue weighted by atomic mass is 19.4. The molecule has 12 heteroatoms. The number of ether oxygens (including phenoxy) is 2. The third-order valence-corrected chi connectivity index (χ3v) is 5.85. The van der Waals surface area contributed by atoms with Gasteiger partial charge >= 0.3 is 12.3 Å². The molecule has 1 N–H and O–H groups in total. The van der Waals surface area contributed by atoms with Crippen LogP contribution in [-0.4, -0.2) is 69.6 Å². The van der Waals surface area contributed by atoms with Crippen LogP contribution in [-0.2, 0) is 11.3 Å². The number of H-pyrrole nitrogens is 1. The maximum absolute atomic E-state index is 12.9. The number of aromatic amines is 1. The van der Waals surface area contributed by atoms with E-state index < -0.39 is 18.9 Å². The molecule has 0 radical (unpaired) electrons. The van der Waals surface area contributed by atoms with Crippen LogP contribution in [0.15, 0.2) is 54.2 Å². The second-order valence-electron chi connectivity index (χ2n) is 8.37. The summed E-state index contributed by atoms with van der Waals surface area (Å²) in [5.41, 5.74) is 3.40. The molecule has 3 heterocycles. The topological polar surface area (TPSA) is 101 Å². The number of halogens is 3. The van der Waals surface area contributed by atoms with Crippen molar-refractivity contribution in [3.05, 3.63) is 65.4 Å². The first-order valence-electron chi connectivity index (χ1n) is 10.8. The van der Waals surface area contributed by atoms with Crippen LogP contribution >= 0.6 is 0 Å². The molecule has 2 aromatic carbocycles. The average Bonchev–Trinajstić information content (AvgIpc) is 3.55. The molecule has 0 aliphatic carbocycles. The fraction of sp³-hybridized carbons (Fsp3) is 0.304. The molecule has 1 fully saturated rings. The van der Waals surface area contributed by atoms with Gasteiger partial charge in [-0.2, -0.15) is 28.6 Å². The molecule has 2 amide bonds. The van der Waals surface area contributed by atoms with E-state index in [0.717, 1.165) is 5.57 Å². The van der Waals surface area contributed by atoms with E-state index in [4.69, 9.17) is 4.74 Å². The number of alkyl halides is 3. The normalized spacial score (nSPS) is 17.5. The van der Waals surface area contributed by atoms with Crippen molar-refractivity contribution in [2.75, 3.05) is 26.2 Å². The predicted octanol–water partition coefficient (Wildman–Crippen LogP) is 3.51. The van der Waals surface area contributed by atoms with Crippen molar-refractivity contribution in [3.8, 4) is 5.75 Å². The zero-order valence-electron chi connectivity index (χ0n) is 18.3. The molecular formula is C23H20F3N5O4. The molecule has 35 heavy (non-hydrogen) atoms. The monoisotopic (exact) mass is 487 g/mol. The molecule has 0 saturated carbocycles. The van der Waals surface area contributed by atoms with Gasteiger partial charge in [0.25, 0.3) is 5.91 Å². The van der Waals surface area contributed by atoms with E-state index in [9.17, 15) is 22.8 Å². The summed E-state index contributed by atoms with van der Waals surface area (Å²) >= 11 is 0. The van der Waals surface area contributed by atoms with Gasteiger partial charge in [0, 0.05) is 37.3 Å². The van der Waals surface area contributed by atoms with Crippen LogP contribution in [0.5, 0.6) is 5.75 Å². The lowest BCUT2D eigenvalue weighted by Crippen LogP contribution is -2.33. The number of likely N-dealkylation sites (tertiary alicyclic amines) is 1. The van der Waals surface area contributed by atoms with E-state index in [1.807, 2.05) is 0 Å². The third kappa shape index (κ3) is 5.05. The minimum atomic E-state index is -4.41. The smallest absolute Gasteiger partial charge is 0.422 e. The number of amides is 2. The Bertz CT molecular complexity index is 1290. The molecule has 9 nitrogen and oxygen atoms in total. The van der Waals surface area contributed by atoms with Crippen LogP contribution < -0.4 is 4.74 Å². The summed E-state index contributed by atoms with van der Waals surface area (Å²) < 4.78 is 46.7. The van der Waals surface area contributed by atoms with Gasteiger partial charge in [-0.15, -0.1) is 0 Å². The largest absolute Gasteiger partial charge is 0.484 e. The zero-order valence-corrected chi connectivity index (χ0v) is 18.3. The lowest BCUT2D eigenvalue weighted by molar-refractivity contribution is -0.153. The molecule has 1 atom stereocenters. The predicted molar refractivity (Wildman–Crippen MR) is 116 cm³/mol. The summed E-state index contributed by atoms with van der Waals surface area (Å²) in [4.78, 5) is 28.6. The Morgan fingerprint density at radius 2 is 1.83 bits per heavy atom. The molecule has 1 aromatic heterocycles. The molecular weight excluding hydrogens is 467 g/mol. The van der Waals surface area contributed by atoms with Crippen LogP contribution in [0.1, 0.15) is 15.9 Å². The highest BCUT2D eigenvalue weighted by Crippen LogP contribution is 2.31. The summed E-state index contributed by atoms with van der Waals surface area (Å²) in [6.45, 7) is -0.129. The second kappa shape index (κ2) is 8.93. The van der Waals surface area contributed by atoms with Gasteiger partial charge in [-0.1, -0.05) is 12.1 Å². The SMILES string of the molecule is O=C(c1ccc2n[nH]nc2c1)N1C=C2CN(C(=O)OCc3ccc(OCC(F)(F)F)cc3)C[C@@H]2C1. The first-order chi connectivity index (χ1) is 16.7. The summed E-state index contributed by atoms with van der Waals surface area (Å²) in [5, 5.41) is 10.5. The molecule has 182 valence electrons. The summed E-state index contributed by atoms with van der Waals surface area (Å²) in [6, 6.07) is 11.0. The number of carbonyl (C=O) groups is 2. The first-order valence-corrected chi connectivity index (χ1v) is 10.8. The number of nitrogens with one attached hydrogen (secondary N) is 1. The molecule has 3 aromatic rings. The van der Waals surface area contributed by atoms with Crippen LogP contribution in [0.4, 0.5) is 18.0 Å². The summed E-state index contributed by atoms with van der Waals surface area (Å²) in [5.74, 6) is -0.0299. The van der Waals surface area contributed by atoms with Crippen molar-refractivity contribution in [2.24, 2.45) is 5.92 Å². The van der Waals surface area contributed by atoms with Crippen LogP contribution in [0, 0.1) is 5.92 Å². The van der Waals surface area contributed by atoms with E-state index in [2.05, 4.69) is 20.1 Å². The average molecular weight is 487 g/mol. The number of hydrogen-bond acceptors (Lipinski definition) is 6. The minimum Gasteiger partial charge on any atom is -0.484 e. The highest BCUT2D eigenvalue weighted by Gasteiger charge is 2.38. The Morgan fingerprint density at radius 1 is 1.06 bits per heavy atom.